The van der Waals surface area contributed by atoms with Gasteiger partial charge in [0.1, 0.15) is 5.82 Å². The predicted molar refractivity (Wildman–Crippen MR) is 78.0 cm³/mol. The van der Waals surface area contributed by atoms with E-state index in [4.69, 9.17) is 17.3 Å². The third-order valence-electron chi connectivity index (χ3n) is 3.02. The lowest BCUT2D eigenvalue weighted by molar-refractivity contribution is 0.616. The van der Waals surface area contributed by atoms with Crippen LogP contribution in [-0.2, 0) is 0 Å². The Labute approximate surface area is 117 Å². The molecule has 2 nitrogen and oxygen atoms in total. The average molecular weight is 279 g/mol. The molecule has 0 spiro atoms. The molecule has 3 N–H and O–H groups in total. The van der Waals surface area contributed by atoms with Crippen LogP contribution in [-0.4, -0.2) is 6.54 Å². The van der Waals surface area contributed by atoms with Crippen LogP contribution >= 0.6 is 11.6 Å². The first-order chi connectivity index (χ1) is 9.11. The van der Waals surface area contributed by atoms with Crippen LogP contribution < -0.4 is 11.1 Å². The summed E-state index contributed by atoms with van der Waals surface area (Å²) in [5.74, 6) is -0.211. The molecular weight excluding hydrogens is 263 g/mol. The van der Waals surface area contributed by atoms with Gasteiger partial charge >= 0.3 is 0 Å². The molecular formula is C15H16ClFN2. The Bertz CT molecular complexity index is 572. The summed E-state index contributed by atoms with van der Waals surface area (Å²) in [4.78, 5) is 0. The Morgan fingerprint density at radius 2 is 2.00 bits per heavy atom. The first kappa shape index (κ1) is 13.8. The molecule has 0 saturated heterocycles. The van der Waals surface area contributed by atoms with Crippen molar-refractivity contribution in [3.05, 3.63) is 64.4 Å². The van der Waals surface area contributed by atoms with Gasteiger partial charge in [-0.05, 0) is 36.2 Å². The molecule has 0 aromatic heterocycles. The van der Waals surface area contributed by atoms with Crippen molar-refractivity contribution < 1.29 is 4.39 Å². The van der Waals surface area contributed by atoms with Crippen molar-refractivity contribution in [1.29, 1.82) is 0 Å². The summed E-state index contributed by atoms with van der Waals surface area (Å²) in [7, 11) is 0. The monoisotopic (exact) mass is 278 g/mol. The van der Waals surface area contributed by atoms with Gasteiger partial charge in [-0.25, -0.2) is 4.39 Å². The number of benzene rings is 2. The van der Waals surface area contributed by atoms with Gasteiger partial charge in [-0.2, -0.15) is 0 Å². The van der Waals surface area contributed by atoms with Gasteiger partial charge < -0.3 is 11.1 Å². The molecule has 2 rings (SSSR count). The predicted octanol–water partition coefficient (Wildman–Crippen LogP) is 3.90. The van der Waals surface area contributed by atoms with Crippen LogP contribution in [0.3, 0.4) is 0 Å². The molecule has 1 unspecified atom stereocenters. The molecule has 100 valence electrons. The Morgan fingerprint density at radius 3 is 2.63 bits per heavy atom. The highest BCUT2D eigenvalue weighted by atomic mass is 35.5. The van der Waals surface area contributed by atoms with E-state index in [1.807, 2.05) is 24.3 Å². The van der Waals surface area contributed by atoms with E-state index >= 15 is 0 Å². The van der Waals surface area contributed by atoms with Gasteiger partial charge in [0, 0.05) is 6.54 Å². The molecule has 0 heterocycles. The molecule has 0 aliphatic heterocycles. The molecule has 0 aliphatic rings. The maximum atomic E-state index is 13.3. The highest BCUT2D eigenvalue weighted by Crippen LogP contribution is 2.26. The maximum Gasteiger partial charge on any atom is 0.126 e. The van der Waals surface area contributed by atoms with Gasteiger partial charge in [0.2, 0.25) is 0 Å². The van der Waals surface area contributed by atoms with Crippen LogP contribution in [0.1, 0.15) is 17.2 Å². The highest BCUT2D eigenvalue weighted by Gasteiger charge is 2.12. The van der Waals surface area contributed by atoms with Gasteiger partial charge in [-0.15, -0.1) is 0 Å². The first-order valence-corrected chi connectivity index (χ1v) is 6.47. The normalized spacial score (nSPS) is 12.2. The van der Waals surface area contributed by atoms with Gasteiger partial charge in [0.25, 0.3) is 0 Å². The van der Waals surface area contributed by atoms with E-state index in [0.29, 0.717) is 17.1 Å². The van der Waals surface area contributed by atoms with E-state index in [1.54, 1.807) is 19.1 Å². The van der Waals surface area contributed by atoms with Crippen molar-refractivity contribution in [2.45, 2.75) is 13.0 Å². The van der Waals surface area contributed by atoms with E-state index < -0.39 is 0 Å². The second kappa shape index (κ2) is 6.04. The quantitative estimate of drug-likeness (QED) is 0.890. The first-order valence-electron chi connectivity index (χ1n) is 6.09. The third kappa shape index (κ3) is 3.25. The van der Waals surface area contributed by atoms with Crippen LogP contribution in [0.4, 0.5) is 10.1 Å². The highest BCUT2D eigenvalue weighted by molar-refractivity contribution is 6.33. The number of hydrogen-bond acceptors (Lipinski definition) is 2. The summed E-state index contributed by atoms with van der Waals surface area (Å²) in [6.45, 7) is 2.14. The molecule has 0 radical (unpaired) electrons. The Hall–Kier alpha value is -1.58. The number of hydrogen-bond donors (Lipinski definition) is 2. The van der Waals surface area contributed by atoms with Gasteiger partial charge in [0.05, 0.1) is 16.8 Å². The van der Waals surface area contributed by atoms with E-state index in [-0.39, 0.29) is 11.9 Å². The summed E-state index contributed by atoms with van der Waals surface area (Å²) < 4.78 is 13.3. The number of nitrogens with two attached hydrogens (primary N) is 1. The van der Waals surface area contributed by atoms with Crippen LogP contribution in [0.15, 0.2) is 42.5 Å². The fourth-order valence-electron chi connectivity index (χ4n) is 1.93. The molecule has 19 heavy (non-hydrogen) atoms. The zero-order valence-electron chi connectivity index (χ0n) is 10.7. The smallest absolute Gasteiger partial charge is 0.126 e. The summed E-state index contributed by atoms with van der Waals surface area (Å²) in [5, 5.41) is 3.92. The largest absolute Gasteiger partial charge is 0.376 e. The minimum absolute atomic E-state index is 0.0980. The number of rotatable bonds is 4. The number of nitrogens with one attached hydrogen (secondary N) is 1. The lowest BCUT2D eigenvalue weighted by Crippen LogP contribution is -2.21. The molecule has 0 saturated carbocycles. The molecule has 0 bridgehead atoms. The maximum absolute atomic E-state index is 13.3. The molecule has 0 aliphatic carbocycles. The zero-order valence-corrected chi connectivity index (χ0v) is 11.4. The molecule has 0 amide bonds. The minimum Gasteiger partial charge on any atom is -0.376 e. The van der Waals surface area contributed by atoms with Crippen LogP contribution in [0, 0.1) is 12.7 Å². The average Bonchev–Trinajstić information content (AvgIpc) is 2.41. The molecule has 2 aromatic carbocycles. The molecule has 1 atom stereocenters. The SMILES string of the molecule is Cc1cc(C(CN)Nc2ccccc2Cl)ccc1F. The van der Waals surface area contributed by atoms with Gasteiger partial charge in [-0.3, -0.25) is 0 Å². The Morgan fingerprint density at radius 1 is 1.26 bits per heavy atom. The molecule has 4 heteroatoms. The minimum atomic E-state index is -0.211. The van der Waals surface area contributed by atoms with Crippen molar-refractivity contribution in [3.8, 4) is 0 Å². The van der Waals surface area contributed by atoms with Crippen LogP contribution in [0.5, 0.6) is 0 Å². The molecule has 2 aromatic rings. The fourth-order valence-corrected chi connectivity index (χ4v) is 2.12. The van der Waals surface area contributed by atoms with Gasteiger partial charge in [0.15, 0.2) is 0 Å². The van der Waals surface area contributed by atoms with Crippen molar-refractivity contribution in [3.63, 3.8) is 0 Å². The van der Waals surface area contributed by atoms with E-state index in [0.717, 1.165) is 11.3 Å². The van der Waals surface area contributed by atoms with E-state index in [2.05, 4.69) is 5.32 Å². The van der Waals surface area contributed by atoms with E-state index in [1.165, 1.54) is 6.07 Å². The zero-order chi connectivity index (χ0) is 13.8. The standard InChI is InChI=1S/C15H16ClFN2/c1-10-8-11(6-7-13(10)17)15(9-18)19-14-5-3-2-4-12(14)16/h2-8,15,19H,9,18H2,1H3. The van der Waals surface area contributed by atoms with Crippen LogP contribution in [0.25, 0.3) is 0 Å². The topological polar surface area (TPSA) is 38.0 Å². The number of halogens is 2. The Kier molecular flexibility index (Phi) is 4.40. The summed E-state index contributed by atoms with van der Waals surface area (Å²) >= 11 is 6.11. The second-order valence-electron chi connectivity index (χ2n) is 4.42. The summed E-state index contributed by atoms with van der Waals surface area (Å²) in [6, 6.07) is 12.4. The second-order valence-corrected chi connectivity index (χ2v) is 4.83. The number of aryl methyl sites for hydroxylation is 1. The fraction of sp³-hybridized carbons (Fsp3) is 0.200. The lowest BCUT2D eigenvalue weighted by atomic mass is 10.0. The van der Waals surface area contributed by atoms with Crippen molar-refractivity contribution in [2.75, 3.05) is 11.9 Å². The van der Waals surface area contributed by atoms with Gasteiger partial charge in [-0.1, -0.05) is 35.9 Å². The van der Waals surface area contributed by atoms with Crippen molar-refractivity contribution >= 4 is 17.3 Å². The van der Waals surface area contributed by atoms with Crippen LogP contribution in [0.2, 0.25) is 5.02 Å². The summed E-state index contributed by atoms with van der Waals surface area (Å²) in [5.41, 5.74) is 8.17. The third-order valence-corrected chi connectivity index (χ3v) is 3.35. The molecule has 0 fully saturated rings. The lowest BCUT2D eigenvalue weighted by Gasteiger charge is -2.20. The van der Waals surface area contributed by atoms with Crippen molar-refractivity contribution in [1.82, 2.24) is 0 Å². The van der Waals surface area contributed by atoms with Crippen molar-refractivity contribution in [2.24, 2.45) is 5.73 Å². The number of para-hydroxylation sites is 1. The summed E-state index contributed by atoms with van der Waals surface area (Å²) in [6.07, 6.45) is 0. The number of anilines is 1. The van der Waals surface area contributed by atoms with E-state index in [9.17, 15) is 4.39 Å². The Balaban J connectivity index is 2.25.